The van der Waals surface area contributed by atoms with E-state index in [-0.39, 0.29) is 12.4 Å². The van der Waals surface area contributed by atoms with Crippen molar-refractivity contribution in [2.45, 2.75) is 24.3 Å². The predicted molar refractivity (Wildman–Crippen MR) is 75.0 cm³/mol. The number of halogens is 1. The molecule has 0 bridgehead atoms. The van der Waals surface area contributed by atoms with E-state index in [1.54, 1.807) is 11.8 Å². The van der Waals surface area contributed by atoms with Crippen LogP contribution in [0.25, 0.3) is 0 Å². The molecule has 0 aliphatic rings. The number of benzene rings is 1. The summed E-state index contributed by atoms with van der Waals surface area (Å²) in [6, 6.07) is 8.39. The summed E-state index contributed by atoms with van der Waals surface area (Å²) in [5, 5.41) is 8.49. The third-order valence-electron chi connectivity index (χ3n) is 2.25. The van der Waals surface area contributed by atoms with Crippen LogP contribution in [0.1, 0.15) is 17.0 Å². The van der Waals surface area contributed by atoms with E-state index in [1.807, 2.05) is 0 Å². The van der Waals surface area contributed by atoms with Crippen molar-refractivity contribution in [3.05, 3.63) is 41.3 Å². The maximum atomic E-state index is 5.44. The lowest BCUT2D eigenvalue weighted by atomic mass is 10.2. The van der Waals surface area contributed by atoms with E-state index in [2.05, 4.69) is 41.4 Å². The van der Waals surface area contributed by atoms with E-state index in [4.69, 9.17) is 10.2 Å². The molecule has 6 heteroatoms. The molecule has 98 valence electrons. The van der Waals surface area contributed by atoms with Crippen LogP contribution >= 0.6 is 24.2 Å². The molecule has 0 aliphatic heterocycles. The van der Waals surface area contributed by atoms with Crippen LogP contribution in [0.5, 0.6) is 0 Å². The normalized spacial score (nSPS) is 10.1. The van der Waals surface area contributed by atoms with Crippen LogP contribution in [-0.4, -0.2) is 16.7 Å². The van der Waals surface area contributed by atoms with E-state index < -0.39 is 0 Å². The minimum atomic E-state index is 0. The molecule has 0 fully saturated rings. The average Bonchev–Trinajstić information content (AvgIpc) is 2.75. The highest BCUT2D eigenvalue weighted by atomic mass is 35.5. The topological polar surface area (TPSA) is 64.9 Å². The van der Waals surface area contributed by atoms with Crippen molar-refractivity contribution in [1.29, 1.82) is 0 Å². The lowest BCUT2D eigenvalue weighted by Crippen LogP contribution is -2.02. The average molecular weight is 286 g/mol. The van der Waals surface area contributed by atoms with E-state index in [0.717, 1.165) is 5.75 Å². The van der Waals surface area contributed by atoms with Gasteiger partial charge in [-0.3, -0.25) is 0 Å². The number of hydrogen-bond donors (Lipinski definition) is 1. The Morgan fingerprint density at radius 2 is 2.17 bits per heavy atom. The molecule has 0 radical (unpaired) electrons. The highest BCUT2D eigenvalue weighted by Crippen LogP contribution is 2.21. The number of aryl methyl sites for hydroxylation is 1. The first-order valence-electron chi connectivity index (χ1n) is 5.48. The minimum Gasteiger partial charge on any atom is -0.416 e. The zero-order valence-corrected chi connectivity index (χ0v) is 11.8. The molecule has 2 aromatic rings. The molecule has 2 N–H and O–H groups in total. The Bertz CT molecular complexity index is 490. The van der Waals surface area contributed by atoms with Gasteiger partial charge in [-0.2, -0.15) is 0 Å². The van der Waals surface area contributed by atoms with Gasteiger partial charge < -0.3 is 10.2 Å². The molecule has 0 unspecified atom stereocenters. The Balaban J connectivity index is 0.00000162. The molecular formula is C12H16ClN3OS. The zero-order valence-electron chi connectivity index (χ0n) is 10.1. The lowest BCUT2D eigenvalue weighted by Gasteiger charge is -1.99. The van der Waals surface area contributed by atoms with Crippen molar-refractivity contribution >= 4 is 24.2 Å². The second-order valence-corrected chi connectivity index (χ2v) is 4.70. The molecule has 0 spiro atoms. The van der Waals surface area contributed by atoms with Crippen molar-refractivity contribution in [2.24, 2.45) is 5.73 Å². The number of hydrogen-bond acceptors (Lipinski definition) is 5. The third-order valence-corrected chi connectivity index (χ3v) is 3.14. The highest BCUT2D eigenvalue weighted by Gasteiger charge is 2.06. The van der Waals surface area contributed by atoms with Gasteiger partial charge in [0.05, 0.1) is 0 Å². The Kier molecular flexibility index (Phi) is 6.18. The standard InChI is InChI=1S/C12H15N3OS.ClH/c1-9-3-2-4-10(7-9)8-17-12-15-14-11(16-12)5-6-13;/h2-4,7H,5-6,8,13H2,1H3;1H. The Hall–Kier alpha value is -1.04. The third kappa shape index (κ3) is 4.33. The quantitative estimate of drug-likeness (QED) is 0.856. The summed E-state index contributed by atoms with van der Waals surface area (Å²) < 4.78 is 5.44. The first-order valence-corrected chi connectivity index (χ1v) is 6.47. The first-order chi connectivity index (χ1) is 8.28. The monoisotopic (exact) mass is 285 g/mol. The maximum absolute atomic E-state index is 5.44. The molecule has 0 amide bonds. The van der Waals surface area contributed by atoms with Crippen LogP contribution in [0.2, 0.25) is 0 Å². The second kappa shape index (κ2) is 7.41. The van der Waals surface area contributed by atoms with Crippen LogP contribution in [0.3, 0.4) is 0 Å². The van der Waals surface area contributed by atoms with Gasteiger partial charge in [0.25, 0.3) is 5.22 Å². The summed E-state index contributed by atoms with van der Waals surface area (Å²) in [5.41, 5.74) is 7.94. The van der Waals surface area contributed by atoms with Crippen LogP contribution in [0.15, 0.2) is 33.9 Å². The molecule has 1 heterocycles. The van der Waals surface area contributed by atoms with Crippen molar-refractivity contribution < 1.29 is 4.42 Å². The fraction of sp³-hybridized carbons (Fsp3) is 0.333. The molecule has 18 heavy (non-hydrogen) atoms. The van der Waals surface area contributed by atoms with Gasteiger partial charge in [0, 0.05) is 18.7 Å². The van der Waals surface area contributed by atoms with Crippen molar-refractivity contribution in [2.75, 3.05) is 6.54 Å². The van der Waals surface area contributed by atoms with E-state index >= 15 is 0 Å². The van der Waals surface area contributed by atoms with Crippen LogP contribution < -0.4 is 5.73 Å². The van der Waals surface area contributed by atoms with Gasteiger partial charge in [0.15, 0.2) is 0 Å². The molecule has 0 saturated heterocycles. The number of thioether (sulfide) groups is 1. The smallest absolute Gasteiger partial charge is 0.276 e. The number of rotatable bonds is 5. The van der Waals surface area contributed by atoms with Gasteiger partial charge in [-0.05, 0) is 12.5 Å². The van der Waals surface area contributed by atoms with Gasteiger partial charge in [-0.1, -0.05) is 41.6 Å². The van der Waals surface area contributed by atoms with Crippen molar-refractivity contribution in [1.82, 2.24) is 10.2 Å². The molecule has 4 nitrogen and oxygen atoms in total. The highest BCUT2D eigenvalue weighted by molar-refractivity contribution is 7.98. The largest absolute Gasteiger partial charge is 0.416 e. The van der Waals surface area contributed by atoms with Gasteiger partial charge >= 0.3 is 0 Å². The molecule has 0 aliphatic carbocycles. The first kappa shape index (κ1) is 15.0. The molecule has 1 aromatic heterocycles. The lowest BCUT2D eigenvalue weighted by molar-refractivity contribution is 0.414. The number of nitrogens with zero attached hydrogens (tertiary/aromatic N) is 2. The molecule has 1 aromatic carbocycles. The van der Waals surface area contributed by atoms with Crippen molar-refractivity contribution in [3.63, 3.8) is 0 Å². The van der Waals surface area contributed by atoms with Gasteiger partial charge in [0.1, 0.15) is 0 Å². The van der Waals surface area contributed by atoms with Crippen LogP contribution in [0, 0.1) is 6.92 Å². The molecule has 2 rings (SSSR count). The summed E-state index contributed by atoms with van der Waals surface area (Å²) in [7, 11) is 0. The molecule has 0 atom stereocenters. The zero-order chi connectivity index (χ0) is 12.1. The molecular weight excluding hydrogens is 270 g/mol. The number of nitrogens with two attached hydrogens (primary N) is 1. The minimum absolute atomic E-state index is 0. The Labute approximate surface area is 117 Å². The summed E-state index contributed by atoms with van der Waals surface area (Å²) in [6.07, 6.45) is 0.637. The van der Waals surface area contributed by atoms with E-state index in [1.165, 1.54) is 11.1 Å². The van der Waals surface area contributed by atoms with Gasteiger partial charge in [-0.25, -0.2) is 0 Å². The predicted octanol–water partition coefficient (Wildman–Crippen LogP) is 2.59. The van der Waals surface area contributed by atoms with Crippen LogP contribution in [-0.2, 0) is 12.2 Å². The fourth-order valence-corrected chi connectivity index (χ4v) is 2.19. The van der Waals surface area contributed by atoms with Crippen molar-refractivity contribution in [3.8, 4) is 0 Å². The van der Waals surface area contributed by atoms with Gasteiger partial charge in [0.2, 0.25) is 5.89 Å². The summed E-state index contributed by atoms with van der Waals surface area (Å²) in [4.78, 5) is 0. The second-order valence-electron chi connectivity index (χ2n) is 3.78. The van der Waals surface area contributed by atoms with E-state index in [9.17, 15) is 0 Å². The van der Waals surface area contributed by atoms with Crippen LogP contribution in [0.4, 0.5) is 0 Å². The van der Waals surface area contributed by atoms with E-state index in [0.29, 0.717) is 24.1 Å². The SMILES string of the molecule is Cc1cccc(CSc2nnc(CCN)o2)c1.Cl. The maximum Gasteiger partial charge on any atom is 0.276 e. The molecule has 0 saturated carbocycles. The number of aromatic nitrogens is 2. The Morgan fingerprint density at radius 1 is 1.33 bits per heavy atom. The summed E-state index contributed by atoms with van der Waals surface area (Å²) in [5.74, 6) is 1.45. The summed E-state index contributed by atoms with van der Waals surface area (Å²) in [6.45, 7) is 2.62. The summed E-state index contributed by atoms with van der Waals surface area (Å²) >= 11 is 1.55. The van der Waals surface area contributed by atoms with Gasteiger partial charge in [-0.15, -0.1) is 22.6 Å². The Morgan fingerprint density at radius 3 is 2.89 bits per heavy atom. The fourth-order valence-electron chi connectivity index (χ4n) is 1.47.